The molecule has 0 atom stereocenters. The van der Waals surface area contributed by atoms with Gasteiger partial charge in [0.1, 0.15) is 16.4 Å². The molecule has 0 amide bonds. The van der Waals surface area contributed by atoms with Crippen LogP contribution in [0.5, 0.6) is 11.8 Å². The zero-order chi connectivity index (χ0) is 14.0. The van der Waals surface area contributed by atoms with Crippen LogP contribution in [-0.4, -0.2) is 15.0 Å². The molecule has 0 radical (unpaired) electrons. The summed E-state index contributed by atoms with van der Waals surface area (Å²) in [5.41, 5.74) is 7.82. The van der Waals surface area contributed by atoms with E-state index in [2.05, 4.69) is 25.9 Å². The average molecular weight is 338 g/mol. The van der Waals surface area contributed by atoms with E-state index in [0.29, 0.717) is 11.4 Å². The number of benzene rings is 1. The summed E-state index contributed by atoms with van der Waals surface area (Å²) in [5.74, 6) is 0.689. The van der Waals surface area contributed by atoms with Gasteiger partial charge in [-0.2, -0.15) is 4.98 Å². The van der Waals surface area contributed by atoms with E-state index in [1.807, 2.05) is 32.0 Å². The zero-order valence-electron chi connectivity index (χ0n) is 10.5. The molecule has 0 bridgehead atoms. The van der Waals surface area contributed by atoms with Crippen molar-refractivity contribution in [2.75, 3.05) is 0 Å². The number of hydrogen-bond acceptors (Lipinski definition) is 4. The summed E-state index contributed by atoms with van der Waals surface area (Å²) in [6, 6.07) is 7.72. The van der Waals surface area contributed by atoms with Gasteiger partial charge in [-0.3, -0.25) is 0 Å². The molecule has 1 aromatic heterocycles. The Bertz CT molecular complexity index is 646. The molecular weight excluding hydrogens is 326 g/mol. The van der Waals surface area contributed by atoms with Crippen LogP contribution in [0.25, 0.3) is 0 Å². The molecule has 0 fully saturated rings. The Morgan fingerprint density at radius 3 is 2.68 bits per heavy atom. The molecule has 1 heterocycles. The molecule has 2 aromatic rings. The van der Waals surface area contributed by atoms with Gasteiger partial charge in [0.05, 0.1) is 0 Å². The fraction of sp³-hybridized carbons (Fsp3) is 0.154. The van der Waals surface area contributed by atoms with E-state index >= 15 is 0 Å². The third-order valence-electron chi connectivity index (χ3n) is 2.44. The third-order valence-corrected chi connectivity index (χ3v) is 3.14. The minimum Gasteiger partial charge on any atom is -0.424 e. The Morgan fingerprint density at radius 1 is 1.26 bits per heavy atom. The topological polar surface area (TPSA) is 61.0 Å². The van der Waals surface area contributed by atoms with Crippen molar-refractivity contribution in [3.05, 3.63) is 45.7 Å². The fourth-order valence-corrected chi connectivity index (χ4v) is 1.94. The van der Waals surface area contributed by atoms with Crippen molar-refractivity contribution in [1.82, 2.24) is 9.97 Å². The standard InChI is InChI=1S/C13H12BrN3OS/c1-7-3-4-9(14)6-11(7)18-13-16-8(2)5-10(17-13)12(15)19/h3-6H,1-2H3,(H2,15,19). The van der Waals surface area contributed by atoms with Crippen LogP contribution in [0.3, 0.4) is 0 Å². The molecule has 2 rings (SSSR count). The molecule has 0 saturated heterocycles. The Kier molecular flexibility index (Phi) is 4.11. The number of rotatable bonds is 3. The summed E-state index contributed by atoms with van der Waals surface area (Å²) in [4.78, 5) is 8.63. The van der Waals surface area contributed by atoms with Crippen LogP contribution in [0.1, 0.15) is 17.0 Å². The molecule has 6 heteroatoms. The van der Waals surface area contributed by atoms with Gasteiger partial charge in [0.2, 0.25) is 0 Å². The Morgan fingerprint density at radius 2 is 2.00 bits per heavy atom. The summed E-state index contributed by atoms with van der Waals surface area (Å²) in [7, 11) is 0. The summed E-state index contributed by atoms with van der Waals surface area (Å²) < 4.78 is 6.62. The smallest absolute Gasteiger partial charge is 0.322 e. The fourth-order valence-electron chi connectivity index (χ4n) is 1.50. The predicted octanol–water partition coefficient (Wildman–Crippen LogP) is 3.28. The molecule has 1 aromatic carbocycles. The van der Waals surface area contributed by atoms with Gasteiger partial charge in [0.25, 0.3) is 0 Å². The predicted molar refractivity (Wildman–Crippen MR) is 81.6 cm³/mol. The maximum absolute atomic E-state index is 5.69. The number of aryl methyl sites for hydroxylation is 2. The average Bonchev–Trinajstić information content (AvgIpc) is 2.33. The summed E-state index contributed by atoms with van der Waals surface area (Å²) in [6.07, 6.45) is 0. The maximum atomic E-state index is 5.69. The molecule has 19 heavy (non-hydrogen) atoms. The van der Waals surface area contributed by atoms with Crippen molar-refractivity contribution >= 4 is 33.1 Å². The molecule has 4 nitrogen and oxygen atoms in total. The second-order valence-corrected chi connectivity index (χ2v) is 5.41. The van der Waals surface area contributed by atoms with E-state index in [-0.39, 0.29) is 11.0 Å². The quantitative estimate of drug-likeness (QED) is 0.871. The molecular formula is C13H12BrN3OS. The van der Waals surface area contributed by atoms with Crippen molar-refractivity contribution in [3.63, 3.8) is 0 Å². The second-order valence-electron chi connectivity index (χ2n) is 4.05. The van der Waals surface area contributed by atoms with E-state index < -0.39 is 0 Å². The van der Waals surface area contributed by atoms with Gasteiger partial charge in [0.15, 0.2) is 0 Å². The molecule has 0 aliphatic heterocycles. The summed E-state index contributed by atoms with van der Waals surface area (Å²) in [5, 5.41) is 0. The van der Waals surface area contributed by atoms with Gasteiger partial charge < -0.3 is 10.5 Å². The van der Waals surface area contributed by atoms with Gasteiger partial charge in [-0.15, -0.1) is 0 Å². The van der Waals surface area contributed by atoms with E-state index in [1.165, 1.54) is 0 Å². The Balaban J connectivity index is 2.38. The molecule has 2 N–H and O–H groups in total. The highest BCUT2D eigenvalue weighted by atomic mass is 79.9. The lowest BCUT2D eigenvalue weighted by Crippen LogP contribution is -2.13. The van der Waals surface area contributed by atoms with Crippen LogP contribution in [0, 0.1) is 13.8 Å². The second kappa shape index (κ2) is 5.63. The van der Waals surface area contributed by atoms with Gasteiger partial charge in [0, 0.05) is 10.2 Å². The molecule has 0 aliphatic carbocycles. The van der Waals surface area contributed by atoms with Gasteiger partial charge >= 0.3 is 6.01 Å². The minimum absolute atomic E-state index is 0.223. The highest BCUT2D eigenvalue weighted by Crippen LogP contribution is 2.26. The van der Waals surface area contributed by atoms with Crippen molar-refractivity contribution in [3.8, 4) is 11.8 Å². The highest BCUT2D eigenvalue weighted by molar-refractivity contribution is 9.10. The van der Waals surface area contributed by atoms with Gasteiger partial charge in [-0.1, -0.05) is 34.2 Å². The van der Waals surface area contributed by atoms with Crippen molar-refractivity contribution in [1.29, 1.82) is 0 Å². The summed E-state index contributed by atoms with van der Waals surface area (Å²) >= 11 is 8.32. The number of nitrogens with zero attached hydrogens (tertiary/aromatic N) is 2. The summed E-state index contributed by atoms with van der Waals surface area (Å²) in [6.45, 7) is 3.79. The minimum atomic E-state index is 0.223. The van der Waals surface area contributed by atoms with E-state index in [9.17, 15) is 0 Å². The Labute approximate surface area is 125 Å². The van der Waals surface area contributed by atoms with Crippen LogP contribution < -0.4 is 10.5 Å². The molecule has 0 unspecified atom stereocenters. The monoisotopic (exact) mass is 337 g/mol. The first-order valence-corrected chi connectivity index (χ1v) is 6.75. The molecule has 0 spiro atoms. The largest absolute Gasteiger partial charge is 0.424 e. The third kappa shape index (κ3) is 3.48. The zero-order valence-corrected chi connectivity index (χ0v) is 12.9. The number of aromatic nitrogens is 2. The number of ether oxygens (including phenoxy) is 1. The van der Waals surface area contributed by atoms with Gasteiger partial charge in [-0.25, -0.2) is 4.98 Å². The van der Waals surface area contributed by atoms with E-state index in [1.54, 1.807) is 6.07 Å². The first-order valence-electron chi connectivity index (χ1n) is 5.55. The SMILES string of the molecule is Cc1cc(C(N)=S)nc(Oc2cc(Br)ccc2C)n1. The Hall–Kier alpha value is -1.53. The van der Waals surface area contributed by atoms with Crippen LogP contribution >= 0.6 is 28.1 Å². The lowest BCUT2D eigenvalue weighted by atomic mass is 10.2. The molecule has 0 aliphatic rings. The van der Waals surface area contributed by atoms with Crippen LogP contribution in [-0.2, 0) is 0 Å². The lowest BCUT2D eigenvalue weighted by Gasteiger charge is -2.09. The number of hydrogen-bond donors (Lipinski definition) is 1. The van der Waals surface area contributed by atoms with Crippen LogP contribution in [0.15, 0.2) is 28.7 Å². The van der Waals surface area contributed by atoms with Gasteiger partial charge in [-0.05, 0) is 37.6 Å². The maximum Gasteiger partial charge on any atom is 0.322 e. The molecule has 0 saturated carbocycles. The number of nitrogens with two attached hydrogens (primary N) is 1. The lowest BCUT2D eigenvalue weighted by molar-refractivity contribution is 0.436. The van der Waals surface area contributed by atoms with Crippen molar-refractivity contribution in [2.24, 2.45) is 5.73 Å². The highest BCUT2D eigenvalue weighted by Gasteiger charge is 2.08. The van der Waals surface area contributed by atoms with Crippen molar-refractivity contribution < 1.29 is 4.74 Å². The van der Waals surface area contributed by atoms with E-state index in [4.69, 9.17) is 22.7 Å². The number of halogens is 1. The van der Waals surface area contributed by atoms with Crippen molar-refractivity contribution in [2.45, 2.75) is 13.8 Å². The first kappa shape index (κ1) is 13.9. The van der Waals surface area contributed by atoms with Crippen LogP contribution in [0.4, 0.5) is 0 Å². The van der Waals surface area contributed by atoms with E-state index in [0.717, 1.165) is 15.7 Å². The first-order chi connectivity index (χ1) is 8.95. The molecule has 98 valence electrons. The number of thiocarbonyl (C=S) groups is 1. The normalized spacial score (nSPS) is 10.3. The van der Waals surface area contributed by atoms with Crippen LogP contribution in [0.2, 0.25) is 0 Å².